The highest BCUT2D eigenvalue weighted by atomic mass is 16.5. The first-order valence-corrected chi connectivity index (χ1v) is 4.52. The van der Waals surface area contributed by atoms with Crippen molar-refractivity contribution in [3.05, 3.63) is 12.7 Å². The van der Waals surface area contributed by atoms with Gasteiger partial charge in [-0.1, -0.05) is 19.9 Å². The highest BCUT2D eigenvalue weighted by molar-refractivity contribution is 5.88. The summed E-state index contributed by atoms with van der Waals surface area (Å²) in [5.41, 5.74) is 0. The minimum Gasteiger partial charge on any atom is -0.453 e. The molecule has 0 aliphatic carbocycles. The van der Waals surface area contributed by atoms with Crippen molar-refractivity contribution in [3.8, 4) is 0 Å². The van der Waals surface area contributed by atoms with Gasteiger partial charge in [0.25, 0.3) is 0 Å². The topological polar surface area (TPSA) is 55.4 Å². The smallest absolute Gasteiger partial charge is 0.407 e. The van der Waals surface area contributed by atoms with E-state index in [2.05, 4.69) is 16.6 Å². The lowest BCUT2D eigenvalue weighted by molar-refractivity contribution is -0.123. The van der Waals surface area contributed by atoms with Gasteiger partial charge < -0.3 is 10.1 Å². The van der Waals surface area contributed by atoms with Crippen LogP contribution in [0.25, 0.3) is 0 Å². The zero-order valence-electron chi connectivity index (χ0n) is 8.87. The summed E-state index contributed by atoms with van der Waals surface area (Å²) in [6, 6.07) is -0.528. The summed E-state index contributed by atoms with van der Waals surface area (Å²) in [7, 11) is 1.26. The molecule has 1 unspecified atom stereocenters. The van der Waals surface area contributed by atoms with Crippen molar-refractivity contribution in [1.29, 1.82) is 0 Å². The number of ether oxygens (including phenoxy) is 1. The van der Waals surface area contributed by atoms with Crippen LogP contribution < -0.4 is 5.32 Å². The van der Waals surface area contributed by atoms with Gasteiger partial charge in [-0.05, 0) is 6.42 Å². The fourth-order valence-corrected chi connectivity index (χ4v) is 1.02. The Morgan fingerprint density at radius 3 is 2.43 bits per heavy atom. The average molecular weight is 199 g/mol. The van der Waals surface area contributed by atoms with Crippen molar-refractivity contribution < 1.29 is 14.3 Å². The highest BCUT2D eigenvalue weighted by Crippen LogP contribution is 2.04. The molecule has 0 aromatic rings. The van der Waals surface area contributed by atoms with Gasteiger partial charge in [0, 0.05) is 5.92 Å². The molecule has 14 heavy (non-hydrogen) atoms. The van der Waals surface area contributed by atoms with Crippen LogP contribution >= 0.6 is 0 Å². The number of methoxy groups -OCH3 is 1. The number of amides is 1. The van der Waals surface area contributed by atoms with Crippen molar-refractivity contribution >= 4 is 11.9 Å². The molecule has 0 bridgehead atoms. The molecule has 4 heteroatoms. The van der Waals surface area contributed by atoms with E-state index in [1.54, 1.807) is 19.9 Å². The van der Waals surface area contributed by atoms with Gasteiger partial charge in [-0.15, -0.1) is 6.58 Å². The van der Waals surface area contributed by atoms with Crippen LogP contribution in [0.1, 0.15) is 20.3 Å². The highest BCUT2D eigenvalue weighted by Gasteiger charge is 2.21. The molecule has 0 aliphatic heterocycles. The van der Waals surface area contributed by atoms with E-state index < -0.39 is 12.1 Å². The molecule has 0 heterocycles. The second kappa shape index (κ2) is 6.18. The number of ketones is 1. The predicted octanol–water partition coefficient (Wildman–Crippen LogP) is 1.51. The molecule has 0 aliphatic rings. The summed E-state index contributed by atoms with van der Waals surface area (Å²) in [5, 5.41) is 2.47. The van der Waals surface area contributed by atoms with Crippen LogP contribution in [-0.2, 0) is 9.53 Å². The standard InChI is InChI=1S/C10H17NO3/c1-5-6-8(9(12)7(2)3)11-10(13)14-4/h5,7-8H,1,6H2,2-4H3,(H,11,13). The van der Waals surface area contributed by atoms with Gasteiger partial charge in [-0.25, -0.2) is 4.79 Å². The molecular weight excluding hydrogens is 182 g/mol. The monoisotopic (exact) mass is 199 g/mol. The second-order valence-electron chi connectivity index (χ2n) is 3.27. The van der Waals surface area contributed by atoms with Crippen molar-refractivity contribution in [1.82, 2.24) is 5.32 Å². The van der Waals surface area contributed by atoms with E-state index in [9.17, 15) is 9.59 Å². The number of alkyl carbamates (subject to hydrolysis) is 1. The van der Waals surface area contributed by atoms with Crippen LogP contribution in [0, 0.1) is 5.92 Å². The summed E-state index contributed by atoms with van der Waals surface area (Å²) < 4.78 is 4.42. The number of carbonyl (C=O) groups excluding carboxylic acids is 2. The molecule has 4 nitrogen and oxygen atoms in total. The lowest BCUT2D eigenvalue weighted by Gasteiger charge is -2.16. The Morgan fingerprint density at radius 1 is 1.50 bits per heavy atom. The maximum absolute atomic E-state index is 11.6. The van der Waals surface area contributed by atoms with Gasteiger partial charge in [0.2, 0.25) is 0 Å². The van der Waals surface area contributed by atoms with E-state index >= 15 is 0 Å². The van der Waals surface area contributed by atoms with Crippen molar-refractivity contribution in [2.75, 3.05) is 7.11 Å². The molecular formula is C10H17NO3. The number of rotatable bonds is 5. The lowest BCUT2D eigenvalue weighted by atomic mass is 9.99. The van der Waals surface area contributed by atoms with Crippen molar-refractivity contribution in [2.24, 2.45) is 5.92 Å². The minimum absolute atomic E-state index is 0.0182. The second-order valence-corrected chi connectivity index (χ2v) is 3.27. The van der Waals surface area contributed by atoms with Crippen molar-refractivity contribution in [2.45, 2.75) is 26.3 Å². The zero-order chi connectivity index (χ0) is 11.1. The number of Topliss-reactive ketones (excluding diaryl/α,β-unsaturated/α-hetero) is 1. The molecule has 1 amide bonds. The van der Waals surface area contributed by atoms with Crippen LogP contribution in [0.15, 0.2) is 12.7 Å². The Labute approximate surface area is 84.3 Å². The quantitative estimate of drug-likeness (QED) is 0.683. The number of hydrogen-bond acceptors (Lipinski definition) is 3. The third-order valence-corrected chi connectivity index (χ3v) is 1.79. The van der Waals surface area contributed by atoms with E-state index in [1.165, 1.54) is 7.11 Å². The van der Waals surface area contributed by atoms with E-state index in [4.69, 9.17) is 0 Å². The number of carbonyl (C=O) groups is 2. The summed E-state index contributed by atoms with van der Waals surface area (Å²) in [4.78, 5) is 22.5. The summed E-state index contributed by atoms with van der Waals surface area (Å²) in [6.07, 6.45) is 1.43. The number of hydrogen-bond donors (Lipinski definition) is 1. The SMILES string of the molecule is C=CCC(NC(=O)OC)C(=O)C(C)C. The normalized spacial score (nSPS) is 12.0. The fourth-order valence-electron chi connectivity index (χ4n) is 1.02. The molecule has 0 rings (SSSR count). The van der Waals surface area contributed by atoms with E-state index in [1.807, 2.05) is 0 Å². The maximum atomic E-state index is 11.6. The molecule has 0 aromatic carbocycles. The first kappa shape index (κ1) is 12.7. The van der Waals surface area contributed by atoms with Crippen LogP contribution in [0.5, 0.6) is 0 Å². The van der Waals surface area contributed by atoms with Crippen molar-refractivity contribution in [3.63, 3.8) is 0 Å². The van der Waals surface area contributed by atoms with Crippen LogP contribution in [0.2, 0.25) is 0 Å². The van der Waals surface area contributed by atoms with E-state index in [-0.39, 0.29) is 11.7 Å². The molecule has 1 atom stereocenters. The summed E-state index contributed by atoms with van der Waals surface area (Å²) >= 11 is 0. The molecule has 80 valence electrons. The maximum Gasteiger partial charge on any atom is 0.407 e. The fraction of sp³-hybridized carbons (Fsp3) is 0.600. The van der Waals surface area contributed by atoms with Crippen LogP contribution in [0.3, 0.4) is 0 Å². The molecule has 0 spiro atoms. The van der Waals surface area contributed by atoms with Crippen LogP contribution in [0.4, 0.5) is 4.79 Å². The lowest BCUT2D eigenvalue weighted by Crippen LogP contribution is -2.42. The largest absolute Gasteiger partial charge is 0.453 e. The third kappa shape index (κ3) is 4.07. The van der Waals surface area contributed by atoms with Crippen LogP contribution in [-0.4, -0.2) is 25.0 Å². The molecule has 0 saturated heterocycles. The Balaban J connectivity index is 4.35. The summed E-state index contributed by atoms with van der Waals surface area (Å²) in [6.45, 7) is 7.11. The van der Waals surface area contributed by atoms with Gasteiger partial charge in [-0.3, -0.25) is 4.79 Å². The number of nitrogens with one attached hydrogen (secondary N) is 1. The van der Waals surface area contributed by atoms with Gasteiger partial charge in [-0.2, -0.15) is 0 Å². The van der Waals surface area contributed by atoms with Gasteiger partial charge in [0.1, 0.15) is 0 Å². The third-order valence-electron chi connectivity index (χ3n) is 1.79. The Bertz CT molecular complexity index is 223. The van der Waals surface area contributed by atoms with Gasteiger partial charge >= 0.3 is 6.09 Å². The average Bonchev–Trinajstić information content (AvgIpc) is 2.15. The molecule has 0 aromatic heterocycles. The first-order chi connectivity index (χ1) is 6.52. The Hall–Kier alpha value is -1.32. The molecule has 0 radical (unpaired) electrons. The minimum atomic E-state index is -0.592. The van der Waals surface area contributed by atoms with Gasteiger partial charge in [0.05, 0.1) is 13.2 Å². The Morgan fingerprint density at radius 2 is 2.07 bits per heavy atom. The van der Waals surface area contributed by atoms with E-state index in [0.717, 1.165) is 0 Å². The predicted molar refractivity (Wildman–Crippen MR) is 54.0 cm³/mol. The van der Waals surface area contributed by atoms with E-state index in [0.29, 0.717) is 6.42 Å². The molecule has 0 fully saturated rings. The zero-order valence-corrected chi connectivity index (χ0v) is 8.87. The van der Waals surface area contributed by atoms with Gasteiger partial charge in [0.15, 0.2) is 5.78 Å². The molecule has 0 saturated carbocycles. The summed E-state index contributed by atoms with van der Waals surface area (Å²) in [5.74, 6) is -0.132. The molecule has 1 N–H and O–H groups in total. The first-order valence-electron chi connectivity index (χ1n) is 4.52. The Kier molecular flexibility index (Phi) is 5.60.